The molecule has 0 spiro atoms. The highest BCUT2D eigenvalue weighted by Gasteiger charge is 2.43. The Balaban J connectivity index is 2.75. The van der Waals surface area contributed by atoms with E-state index in [1.54, 1.807) is 0 Å². The van der Waals surface area contributed by atoms with Crippen LogP contribution >= 0.6 is 0 Å². The fourth-order valence-corrected chi connectivity index (χ4v) is 2.79. The van der Waals surface area contributed by atoms with Crippen molar-refractivity contribution in [1.29, 1.82) is 0 Å². The average Bonchev–Trinajstić information content (AvgIpc) is 2.23. The van der Waals surface area contributed by atoms with E-state index in [9.17, 15) is 9.59 Å². The minimum atomic E-state index is -0.801. The van der Waals surface area contributed by atoms with Crippen molar-refractivity contribution in [2.24, 2.45) is 5.84 Å². The molecule has 0 aromatic carbocycles. The van der Waals surface area contributed by atoms with E-state index in [2.05, 4.69) is 45.0 Å². The first-order valence-corrected chi connectivity index (χ1v) is 6.15. The van der Waals surface area contributed by atoms with Crippen LogP contribution in [0.15, 0.2) is 0 Å². The van der Waals surface area contributed by atoms with Crippen LogP contribution in [0.4, 0.5) is 0 Å². The fourth-order valence-electron chi connectivity index (χ4n) is 2.79. The van der Waals surface area contributed by atoms with Crippen molar-refractivity contribution in [2.75, 3.05) is 7.05 Å². The first kappa shape index (κ1) is 14.9. The van der Waals surface area contributed by atoms with Crippen LogP contribution in [0.3, 0.4) is 0 Å². The Morgan fingerprint density at radius 3 is 1.94 bits per heavy atom. The van der Waals surface area contributed by atoms with Crippen molar-refractivity contribution in [3.05, 3.63) is 0 Å². The van der Waals surface area contributed by atoms with Gasteiger partial charge in [0.15, 0.2) is 0 Å². The van der Waals surface area contributed by atoms with Gasteiger partial charge in [-0.05, 0) is 47.6 Å². The Morgan fingerprint density at radius 1 is 1.11 bits per heavy atom. The average molecular weight is 256 g/mol. The van der Waals surface area contributed by atoms with E-state index >= 15 is 0 Å². The maximum absolute atomic E-state index is 11.5. The number of nitrogens with two attached hydrogens (primary N) is 1. The van der Waals surface area contributed by atoms with E-state index in [1.807, 2.05) is 5.43 Å². The Labute approximate surface area is 108 Å². The molecule has 1 heterocycles. The van der Waals surface area contributed by atoms with Crippen molar-refractivity contribution in [1.82, 2.24) is 15.6 Å². The summed E-state index contributed by atoms with van der Waals surface area (Å²) in [6, 6.07) is -0.0176. The second-order valence-electron chi connectivity index (χ2n) is 6.24. The number of nitrogens with one attached hydrogen (secondary N) is 2. The number of carbonyl (C=O) groups is 2. The molecule has 104 valence electrons. The molecule has 6 nitrogen and oxygen atoms in total. The van der Waals surface area contributed by atoms with Gasteiger partial charge in [0.05, 0.1) is 0 Å². The van der Waals surface area contributed by atoms with Gasteiger partial charge in [0.2, 0.25) is 0 Å². The van der Waals surface area contributed by atoms with Gasteiger partial charge in [-0.25, -0.2) is 5.84 Å². The summed E-state index contributed by atoms with van der Waals surface area (Å²) >= 11 is 0. The lowest BCUT2D eigenvalue weighted by Gasteiger charge is -2.53. The Kier molecular flexibility index (Phi) is 4.02. The maximum atomic E-state index is 11.5. The lowest BCUT2D eigenvalue weighted by atomic mass is 9.77. The molecule has 18 heavy (non-hydrogen) atoms. The number of rotatable bonds is 1. The normalized spacial score (nSPS) is 23.4. The molecule has 0 bridgehead atoms. The summed E-state index contributed by atoms with van der Waals surface area (Å²) in [5, 5.41) is 2.74. The standard InChI is InChI=1S/C12H24N4O2/c1-11(2)6-8(7-12(3,4)16(11)5)14-9(17)10(18)15-13/h8H,6-7,13H2,1-5H3,(H,14,17)(H,15,18). The minimum Gasteiger partial charge on any atom is -0.345 e. The van der Waals surface area contributed by atoms with Gasteiger partial charge in [0, 0.05) is 17.1 Å². The van der Waals surface area contributed by atoms with Crippen molar-refractivity contribution in [2.45, 2.75) is 57.7 Å². The lowest BCUT2D eigenvalue weighted by molar-refractivity contribution is -0.140. The minimum absolute atomic E-state index is 0.0176. The van der Waals surface area contributed by atoms with Crippen molar-refractivity contribution in [3.8, 4) is 0 Å². The largest absolute Gasteiger partial charge is 0.345 e. The summed E-state index contributed by atoms with van der Waals surface area (Å²) in [7, 11) is 2.09. The predicted molar refractivity (Wildman–Crippen MR) is 69.4 cm³/mol. The smallest absolute Gasteiger partial charge is 0.323 e. The van der Waals surface area contributed by atoms with Gasteiger partial charge < -0.3 is 5.32 Å². The van der Waals surface area contributed by atoms with E-state index in [4.69, 9.17) is 5.84 Å². The highest BCUT2D eigenvalue weighted by molar-refractivity contribution is 6.34. The van der Waals surface area contributed by atoms with Gasteiger partial charge in [-0.1, -0.05) is 0 Å². The lowest BCUT2D eigenvalue weighted by Crippen LogP contribution is -2.63. The van der Waals surface area contributed by atoms with E-state index in [-0.39, 0.29) is 17.1 Å². The summed E-state index contributed by atoms with van der Waals surface area (Å²) < 4.78 is 0. The number of carbonyl (C=O) groups excluding carboxylic acids is 2. The first-order chi connectivity index (χ1) is 8.10. The van der Waals surface area contributed by atoms with Crippen LogP contribution in [0.5, 0.6) is 0 Å². The highest BCUT2D eigenvalue weighted by atomic mass is 16.2. The Bertz CT molecular complexity index is 334. The number of amides is 2. The van der Waals surface area contributed by atoms with Crippen LogP contribution in [0, 0.1) is 0 Å². The topological polar surface area (TPSA) is 87.5 Å². The third-order valence-electron chi connectivity index (χ3n) is 3.98. The van der Waals surface area contributed by atoms with Crippen LogP contribution in [0.25, 0.3) is 0 Å². The summed E-state index contributed by atoms with van der Waals surface area (Å²) in [5.41, 5.74) is 1.79. The molecular weight excluding hydrogens is 232 g/mol. The molecule has 0 saturated carbocycles. The molecule has 1 fully saturated rings. The zero-order valence-corrected chi connectivity index (χ0v) is 11.8. The predicted octanol–water partition coefficient (Wildman–Crippen LogP) is -0.256. The zero-order chi connectivity index (χ0) is 14.1. The second-order valence-corrected chi connectivity index (χ2v) is 6.24. The summed E-state index contributed by atoms with van der Waals surface area (Å²) in [4.78, 5) is 25.0. The van der Waals surface area contributed by atoms with E-state index in [0.717, 1.165) is 12.8 Å². The van der Waals surface area contributed by atoms with Gasteiger partial charge in [0.25, 0.3) is 0 Å². The van der Waals surface area contributed by atoms with E-state index < -0.39 is 11.8 Å². The maximum Gasteiger partial charge on any atom is 0.323 e. The molecule has 1 rings (SSSR count). The highest BCUT2D eigenvalue weighted by Crippen LogP contribution is 2.36. The summed E-state index contributed by atoms with van der Waals surface area (Å²) in [6.07, 6.45) is 1.60. The number of nitrogens with zero attached hydrogens (tertiary/aromatic N) is 1. The molecule has 1 aliphatic heterocycles. The molecule has 0 radical (unpaired) electrons. The molecule has 4 N–H and O–H groups in total. The molecule has 0 unspecified atom stereocenters. The van der Waals surface area contributed by atoms with Crippen molar-refractivity contribution in [3.63, 3.8) is 0 Å². The molecule has 0 aliphatic carbocycles. The first-order valence-electron chi connectivity index (χ1n) is 6.15. The Morgan fingerprint density at radius 2 is 1.56 bits per heavy atom. The third kappa shape index (κ3) is 3.00. The van der Waals surface area contributed by atoms with Gasteiger partial charge in [-0.2, -0.15) is 0 Å². The number of piperidine rings is 1. The summed E-state index contributed by atoms with van der Waals surface area (Å²) in [6.45, 7) is 8.54. The molecule has 6 heteroatoms. The molecule has 1 saturated heterocycles. The SMILES string of the molecule is CN1C(C)(C)CC(NC(=O)C(=O)NN)CC1(C)C. The quantitative estimate of drug-likeness (QED) is 0.261. The number of hydrogen-bond acceptors (Lipinski definition) is 4. The van der Waals surface area contributed by atoms with Gasteiger partial charge in [0.1, 0.15) is 0 Å². The second kappa shape index (κ2) is 4.85. The molecule has 0 aromatic heterocycles. The van der Waals surface area contributed by atoms with Crippen molar-refractivity contribution < 1.29 is 9.59 Å². The van der Waals surface area contributed by atoms with E-state index in [0.29, 0.717) is 0 Å². The van der Waals surface area contributed by atoms with Crippen LogP contribution in [0.1, 0.15) is 40.5 Å². The van der Waals surface area contributed by atoms with Crippen molar-refractivity contribution >= 4 is 11.8 Å². The Hall–Kier alpha value is -1.14. The number of hydrazine groups is 1. The van der Waals surface area contributed by atoms with Crippen LogP contribution < -0.4 is 16.6 Å². The monoisotopic (exact) mass is 256 g/mol. The molecule has 0 aromatic rings. The number of likely N-dealkylation sites (tertiary alicyclic amines) is 1. The van der Waals surface area contributed by atoms with Crippen LogP contribution in [-0.2, 0) is 9.59 Å². The van der Waals surface area contributed by atoms with E-state index in [1.165, 1.54) is 0 Å². The third-order valence-corrected chi connectivity index (χ3v) is 3.98. The molecular formula is C12H24N4O2. The molecule has 0 atom stereocenters. The zero-order valence-electron chi connectivity index (χ0n) is 11.8. The van der Waals surface area contributed by atoms with Crippen LogP contribution in [-0.4, -0.2) is 40.9 Å². The number of hydrogen-bond donors (Lipinski definition) is 3. The van der Waals surface area contributed by atoms with Gasteiger partial charge >= 0.3 is 11.8 Å². The van der Waals surface area contributed by atoms with Gasteiger partial charge in [-0.15, -0.1) is 0 Å². The molecule has 1 aliphatic rings. The molecule has 2 amide bonds. The summed E-state index contributed by atoms with van der Waals surface area (Å²) in [5.74, 6) is 3.47. The fraction of sp³-hybridized carbons (Fsp3) is 0.833. The van der Waals surface area contributed by atoms with Gasteiger partial charge in [-0.3, -0.25) is 19.9 Å². The van der Waals surface area contributed by atoms with Crippen LogP contribution in [0.2, 0.25) is 0 Å².